The molecule has 7 heteroatoms. The maximum Gasteiger partial charge on any atom is 0.326 e. The van der Waals surface area contributed by atoms with Crippen LogP contribution in [0, 0.1) is 0 Å². The highest BCUT2D eigenvalue weighted by Gasteiger charge is 2.36. The summed E-state index contributed by atoms with van der Waals surface area (Å²) in [6.07, 6.45) is 1.70. The predicted molar refractivity (Wildman–Crippen MR) is 74.4 cm³/mol. The zero-order valence-electron chi connectivity index (χ0n) is 11.1. The molecule has 0 fully saturated rings. The summed E-state index contributed by atoms with van der Waals surface area (Å²) in [6, 6.07) is 5.70. The molecule has 1 unspecified atom stereocenters. The van der Waals surface area contributed by atoms with Crippen molar-refractivity contribution in [3.05, 3.63) is 47.5 Å². The van der Waals surface area contributed by atoms with E-state index < -0.39 is 12.0 Å². The van der Waals surface area contributed by atoms with E-state index in [0.717, 1.165) is 5.69 Å². The fraction of sp³-hybridized carbons (Fsp3) is 0.214. The van der Waals surface area contributed by atoms with Gasteiger partial charge in [-0.05, 0) is 12.1 Å². The van der Waals surface area contributed by atoms with Gasteiger partial charge in [-0.2, -0.15) is 0 Å². The molecule has 0 aliphatic carbocycles. The van der Waals surface area contributed by atoms with Gasteiger partial charge in [-0.15, -0.1) is 0 Å². The topological polar surface area (TPSA) is 112 Å². The van der Waals surface area contributed by atoms with E-state index in [-0.39, 0.29) is 18.9 Å². The van der Waals surface area contributed by atoms with E-state index in [2.05, 4.69) is 9.97 Å². The minimum Gasteiger partial charge on any atom is -0.480 e. The Morgan fingerprint density at radius 2 is 2.14 bits per heavy atom. The number of nitrogens with one attached hydrogen (secondary N) is 1. The minimum absolute atomic E-state index is 0.180. The van der Waals surface area contributed by atoms with Gasteiger partial charge in [0.15, 0.2) is 0 Å². The number of hydrogen-bond donors (Lipinski definition) is 3. The van der Waals surface area contributed by atoms with E-state index in [0.29, 0.717) is 16.9 Å². The number of imidazole rings is 1. The van der Waals surface area contributed by atoms with Gasteiger partial charge in [-0.1, -0.05) is 12.1 Å². The largest absolute Gasteiger partial charge is 0.480 e. The molecule has 0 saturated carbocycles. The third-order valence-electron chi connectivity index (χ3n) is 3.64. The first kappa shape index (κ1) is 13.2. The van der Waals surface area contributed by atoms with E-state index in [1.165, 1.54) is 11.2 Å². The molecule has 0 bridgehead atoms. The lowest BCUT2D eigenvalue weighted by atomic mass is 10.0. The normalized spacial score (nSPS) is 17.3. The Kier molecular flexibility index (Phi) is 3.09. The summed E-state index contributed by atoms with van der Waals surface area (Å²) in [5, 5.41) is 9.37. The molecule has 2 heterocycles. The number of amides is 1. The van der Waals surface area contributed by atoms with Gasteiger partial charge in [0.25, 0.3) is 5.91 Å². The fourth-order valence-electron chi connectivity index (χ4n) is 2.52. The van der Waals surface area contributed by atoms with Gasteiger partial charge in [0.1, 0.15) is 6.04 Å². The second kappa shape index (κ2) is 4.93. The van der Waals surface area contributed by atoms with Crippen LogP contribution in [0.25, 0.3) is 0 Å². The number of H-pyrrole nitrogens is 1. The SMILES string of the molecule is Nc1ccccc1C(=O)N1Cc2[nH]cnc2CC1C(=O)O. The third kappa shape index (κ3) is 2.22. The van der Waals surface area contributed by atoms with Crippen LogP contribution >= 0.6 is 0 Å². The first-order valence-corrected chi connectivity index (χ1v) is 6.47. The minimum atomic E-state index is -1.05. The number of carboxylic acid groups (broad SMARTS) is 1. The number of anilines is 1. The van der Waals surface area contributed by atoms with Gasteiger partial charge in [0.05, 0.1) is 29.8 Å². The van der Waals surface area contributed by atoms with Crippen LogP contribution in [0.4, 0.5) is 5.69 Å². The Bertz CT molecular complexity index is 710. The summed E-state index contributed by atoms with van der Waals surface area (Å²) in [4.78, 5) is 32.4. The van der Waals surface area contributed by atoms with Crippen LogP contribution < -0.4 is 5.73 Å². The molecule has 1 aliphatic heterocycles. The van der Waals surface area contributed by atoms with Crippen LogP contribution in [0.1, 0.15) is 21.7 Å². The van der Waals surface area contributed by atoms with E-state index in [1.807, 2.05) is 0 Å². The van der Waals surface area contributed by atoms with E-state index in [9.17, 15) is 14.7 Å². The number of nitrogens with two attached hydrogens (primary N) is 1. The molecule has 0 radical (unpaired) electrons. The number of rotatable bonds is 2. The molecule has 1 atom stereocenters. The van der Waals surface area contributed by atoms with Gasteiger partial charge < -0.3 is 20.7 Å². The summed E-state index contributed by atoms with van der Waals surface area (Å²) >= 11 is 0. The highest BCUT2D eigenvalue weighted by molar-refractivity contribution is 6.01. The lowest BCUT2D eigenvalue weighted by Crippen LogP contribution is -2.48. The summed E-state index contributed by atoms with van der Waals surface area (Å²) in [5.41, 5.74) is 7.90. The molecule has 1 aromatic heterocycles. The Morgan fingerprint density at radius 3 is 2.86 bits per heavy atom. The van der Waals surface area contributed by atoms with Gasteiger partial charge in [-0.25, -0.2) is 9.78 Å². The van der Waals surface area contributed by atoms with Gasteiger partial charge >= 0.3 is 5.97 Å². The summed E-state index contributed by atoms with van der Waals surface area (Å²) in [5.74, 6) is -1.44. The van der Waals surface area contributed by atoms with Crippen molar-refractivity contribution in [3.63, 3.8) is 0 Å². The van der Waals surface area contributed by atoms with Crippen LogP contribution in [0.3, 0.4) is 0 Å². The molecular weight excluding hydrogens is 272 g/mol. The smallest absolute Gasteiger partial charge is 0.326 e. The number of benzene rings is 1. The Labute approximate surface area is 120 Å². The predicted octanol–water partition coefficient (Wildman–Crippen LogP) is 0.644. The fourth-order valence-corrected chi connectivity index (χ4v) is 2.52. The van der Waals surface area contributed by atoms with Crippen molar-refractivity contribution in [2.45, 2.75) is 19.0 Å². The van der Waals surface area contributed by atoms with Crippen LogP contribution in [0.5, 0.6) is 0 Å². The molecule has 108 valence electrons. The lowest BCUT2D eigenvalue weighted by molar-refractivity contribution is -0.142. The molecule has 7 nitrogen and oxygen atoms in total. The van der Waals surface area contributed by atoms with Crippen molar-refractivity contribution < 1.29 is 14.7 Å². The zero-order chi connectivity index (χ0) is 15.0. The van der Waals surface area contributed by atoms with Gasteiger partial charge in [0.2, 0.25) is 0 Å². The van der Waals surface area contributed by atoms with Crippen molar-refractivity contribution in [1.29, 1.82) is 0 Å². The number of para-hydroxylation sites is 1. The monoisotopic (exact) mass is 286 g/mol. The lowest BCUT2D eigenvalue weighted by Gasteiger charge is -2.32. The number of carbonyl (C=O) groups is 2. The molecule has 21 heavy (non-hydrogen) atoms. The number of aliphatic carboxylic acids is 1. The molecule has 3 rings (SSSR count). The number of aromatic amines is 1. The van der Waals surface area contributed by atoms with Crippen molar-refractivity contribution in [1.82, 2.24) is 14.9 Å². The second-order valence-electron chi connectivity index (χ2n) is 4.91. The highest BCUT2D eigenvalue weighted by atomic mass is 16.4. The average molecular weight is 286 g/mol. The van der Waals surface area contributed by atoms with Crippen molar-refractivity contribution in [2.24, 2.45) is 0 Å². The molecule has 1 amide bonds. The quantitative estimate of drug-likeness (QED) is 0.701. The Hall–Kier alpha value is -2.83. The van der Waals surface area contributed by atoms with Gasteiger partial charge in [-0.3, -0.25) is 4.79 Å². The Morgan fingerprint density at radius 1 is 1.38 bits per heavy atom. The molecule has 1 aliphatic rings. The standard InChI is InChI=1S/C14H14N4O3/c15-9-4-2-1-3-8(9)13(19)18-6-11-10(16-7-17-11)5-12(18)14(20)21/h1-4,7,12H,5-6,15H2,(H,16,17)(H,20,21). The second-order valence-corrected chi connectivity index (χ2v) is 4.91. The molecular formula is C14H14N4O3. The number of nitrogens with zero attached hydrogens (tertiary/aromatic N) is 2. The average Bonchev–Trinajstić information content (AvgIpc) is 2.93. The number of carboxylic acids is 1. The van der Waals surface area contributed by atoms with Crippen LogP contribution in [0.2, 0.25) is 0 Å². The molecule has 1 aromatic carbocycles. The first-order chi connectivity index (χ1) is 10.1. The first-order valence-electron chi connectivity index (χ1n) is 6.47. The van der Waals surface area contributed by atoms with Crippen LogP contribution in [-0.2, 0) is 17.8 Å². The van der Waals surface area contributed by atoms with Crippen LogP contribution in [-0.4, -0.2) is 37.9 Å². The van der Waals surface area contributed by atoms with Crippen LogP contribution in [0.15, 0.2) is 30.6 Å². The number of fused-ring (bicyclic) bond motifs is 1. The maximum atomic E-state index is 12.6. The van der Waals surface area contributed by atoms with E-state index in [4.69, 9.17) is 5.73 Å². The number of hydrogen-bond acceptors (Lipinski definition) is 4. The Balaban J connectivity index is 1.98. The summed E-state index contributed by atoms with van der Waals surface area (Å²) < 4.78 is 0. The van der Waals surface area contributed by atoms with Crippen molar-refractivity contribution in [2.75, 3.05) is 5.73 Å². The number of aromatic nitrogens is 2. The van der Waals surface area contributed by atoms with Gasteiger partial charge in [0, 0.05) is 12.1 Å². The molecule has 4 N–H and O–H groups in total. The van der Waals surface area contributed by atoms with E-state index >= 15 is 0 Å². The summed E-state index contributed by atoms with van der Waals surface area (Å²) in [6.45, 7) is 0.180. The summed E-state index contributed by atoms with van der Waals surface area (Å²) in [7, 11) is 0. The molecule has 0 spiro atoms. The third-order valence-corrected chi connectivity index (χ3v) is 3.64. The number of nitrogen functional groups attached to an aromatic ring is 1. The highest BCUT2D eigenvalue weighted by Crippen LogP contribution is 2.24. The number of carbonyl (C=O) groups excluding carboxylic acids is 1. The maximum absolute atomic E-state index is 12.6. The van der Waals surface area contributed by atoms with E-state index in [1.54, 1.807) is 24.3 Å². The molecule has 0 saturated heterocycles. The van der Waals surface area contributed by atoms with Crippen molar-refractivity contribution >= 4 is 17.6 Å². The molecule has 2 aromatic rings. The zero-order valence-corrected chi connectivity index (χ0v) is 11.1. The van der Waals surface area contributed by atoms with Crippen molar-refractivity contribution in [3.8, 4) is 0 Å².